The predicted octanol–water partition coefficient (Wildman–Crippen LogP) is 7.51. The lowest BCUT2D eigenvalue weighted by Gasteiger charge is -2.12. The maximum Gasteiger partial charge on any atom is 0.322 e. The predicted molar refractivity (Wildman–Crippen MR) is 266 cm³/mol. The van der Waals surface area contributed by atoms with Crippen LogP contribution in [0, 0.1) is 0 Å². The average molecular weight is 933 g/mol. The maximum atomic E-state index is 5.02. The molecule has 0 amide bonds. The summed E-state index contributed by atoms with van der Waals surface area (Å²) in [6, 6.07) is 2.90. The fourth-order valence-electron chi connectivity index (χ4n) is 4.37. The number of ether oxygens (including phenoxy) is 2. The number of anilines is 8. The Morgan fingerprint density at radius 2 is 0.438 bits per heavy atom. The van der Waals surface area contributed by atoms with E-state index in [4.69, 9.17) is 9.47 Å². The van der Waals surface area contributed by atoms with Crippen LogP contribution in [0.15, 0.2) is 10.3 Å². The van der Waals surface area contributed by atoms with Gasteiger partial charge in [-0.2, -0.15) is 59.8 Å². The van der Waals surface area contributed by atoms with Crippen molar-refractivity contribution in [2.75, 3.05) is 69.3 Å². The Kier molecular flexibility index (Phi) is 26.6. The van der Waals surface area contributed by atoms with E-state index in [0.29, 0.717) is 83.8 Å². The number of rotatable bonds is 20. The topological polar surface area (TPSA) is 269 Å². The molecule has 4 rings (SSSR count). The van der Waals surface area contributed by atoms with E-state index in [1.807, 2.05) is 67.9 Å². The molecule has 0 saturated heterocycles. The van der Waals surface area contributed by atoms with Crippen molar-refractivity contribution >= 4 is 71.1 Å². The molecular weight excluding hydrogens is 857 g/mol. The highest BCUT2D eigenvalue weighted by molar-refractivity contribution is 7.98. The number of hydrogen-bond donors (Lipinski definition) is 8. The first-order valence-corrected chi connectivity index (χ1v) is 23.8. The minimum atomic E-state index is 0.263. The number of thioether (sulfide) groups is 2. The SMILES string of the molecule is COc1nc(NC(C)C)nc(NC(C)C)n1.COc1nc(NC(C)C)nc(NC(C)C)n1.CSc1nc(NC(C)C)nc(NC(C)C)n1.CSc1nc(NC(C)C)nc(NC(C)C)n1. The Hall–Kier alpha value is -5.26. The van der Waals surface area contributed by atoms with Crippen LogP contribution in [0.2, 0.25) is 0 Å². The summed E-state index contributed by atoms with van der Waals surface area (Å²) in [6.07, 6.45) is 3.90. The van der Waals surface area contributed by atoms with Crippen molar-refractivity contribution in [3.05, 3.63) is 0 Å². The van der Waals surface area contributed by atoms with Crippen LogP contribution in [-0.2, 0) is 0 Å². The lowest BCUT2D eigenvalue weighted by atomic mass is 10.4. The zero-order valence-corrected chi connectivity index (χ0v) is 43.3. The highest BCUT2D eigenvalue weighted by Crippen LogP contribution is 2.17. The largest absolute Gasteiger partial charge is 0.467 e. The van der Waals surface area contributed by atoms with Gasteiger partial charge in [-0.05, 0) is 123 Å². The second-order valence-corrected chi connectivity index (χ2v) is 17.8. The number of aromatic nitrogens is 12. The highest BCUT2D eigenvalue weighted by atomic mass is 32.2. The normalized spacial score (nSPS) is 10.8. The van der Waals surface area contributed by atoms with E-state index in [0.717, 1.165) is 10.3 Å². The first-order chi connectivity index (χ1) is 30.0. The standard InChI is InChI=1S/2C10H19N5O.2C10H19N5S/c4*1-6(2)11-8-13-9(12-7(3)4)15-10(14-8)16-5/h4*6-7H,1-5H3,(H2,11,12,13,14,15). The minimum Gasteiger partial charge on any atom is -0.467 e. The highest BCUT2D eigenvalue weighted by Gasteiger charge is 2.11. The van der Waals surface area contributed by atoms with E-state index in [1.165, 1.54) is 37.7 Å². The lowest BCUT2D eigenvalue weighted by Crippen LogP contribution is -2.17. The molecule has 22 nitrogen and oxygen atoms in total. The zero-order chi connectivity index (χ0) is 48.5. The van der Waals surface area contributed by atoms with E-state index < -0.39 is 0 Å². The molecule has 0 aliphatic carbocycles. The Morgan fingerprint density at radius 3 is 0.562 bits per heavy atom. The monoisotopic (exact) mass is 933 g/mol. The lowest BCUT2D eigenvalue weighted by molar-refractivity contribution is 0.379. The summed E-state index contributed by atoms with van der Waals surface area (Å²) in [5.41, 5.74) is 0. The van der Waals surface area contributed by atoms with Crippen molar-refractivity contribution in [2.24, 2.45) is 0 Å². The molecule has 0 unspecified atom stereocenters. The van der Waals surface area contributed by atoms with E-state index >= 15 is 0 Å². The quantitative estimate of drug-likeness (QED) is 0.0398. The minimum absolute atomic E-state index is 0.263. The van der Waals surface area contributed by atoms with Gasteiger partial charge >= 0.3 is 12.0 Å². The Morgan fingerprint density at radius 1 is 0.281 bits per heavy atom. The van der Waals surface area contributed by atoms with E-state index in [2.05, 4.69) is 158 Å². The van der Waals surface area contributed by atoms with E-state index in [9.17, 15) is 0 Å². The molecule has 8 N–H and O–H groups in total. The molecular formula is C40H76N20O2S2. The first-order valence-electron chi connectivity index (χ1n) is 21.4. The van der Waals surface area contributed by atoms with E-state index in [-0.39, 0.29) is 24.2 Å². The summed E-state index contributed by atoms with van der Waals surface area (Å²) in [7, 11) is 3.07. The molecule has 4 aromatic heterocycles. The van der Waals surface area contributed by atoms with Crippen LogP contribution in [-0.4, -0.2) is 135 Å². The third kappa shape index (κ3) is 25.8. The first kappa shape index (κ1) is 56.8. The van der Waals surface area contributed by atoms with Crippen LogP contribution in [0.25, 0.3) is 0 Å². The van der Waals surface area contributed by atoms with Crippen LogP contribution in [0.3, 0.4) is 0 Å². The molecule has 24 heteroatoms. The molecule has 0 aliphatic rings. The molecule has 0 spiro atoms. The number of methoxy groups -OCH3 is 2. The molecule has 64 heavy (non-hydrogen) atoms. The molecule has 4 heterocycles. The van der Waals surface area contributed by atoms with E-state index in [1.54, 1.807) is 0 Å². The van der Waals surface area contributed by atoms with Crippen LogP contribution in [0.4, 0.5) is 47.6 Å². The van der Waals surface area contributed by atoms with Gasteiger partial charge in [0.05, 0.1) is 14.2 Å². The van der Waals surface area contributed by atoms with Crippen molar-refractivity contribution in [1.82, 2.24) is 59.8 Å². The van der Waals surface area contributed by atoms with Gasteiger partial charge in [-0.15, -0.1) is 0 Å². The molecule has 360 valence electrons. The van der Waals surface area contributed by atoms with Crippen LogP contribution < -0.4 is 52.0 Å². The Bertz CT molecular complexity index is 1520. The third-order valence-corrected chi connectivity index (χ3v) is 7.63. The summed E-state index contributed by atoms with van der Waals surface area (Å²) >= 11 is 3.02. The second-order valence-electron chi connectivity index (χ2n) is 16.3. The van der Waals surface area contributed by atoms with Crippen molar-refractivity contribution < 1.29 is 9.47 Å². The fourth-order valence-corrected chi connectivity index (χ4v) is 5.08. The van der Waals surface area contributed by atoms with Gasteiger partial charge in [-0.3, -0.25) is 0 Å². The molecule has 4 aromatic rings. The molecule has 0 aromatic carbocycles. The van der Waals surface area contributed by atoms with Gasteiger partial charge in [0.2, 0.25) is 47.6 Å². The number of nitrogens with one attached hydrogen (secondary N) is 8. The van der Waals surface area contributed by atoms with Gasteiger partial charge in [0, 0.05) is 48.3 Å². The van der Waals surface area contributed by atoms with Crippen molar-refractivity contribution in [1.29, 1.82) is 0 Å². The molecule has 0 bridgehead atoms. The van der Waals surface area contributed by atoms with Crippen molar-refractivity contribution in [3.63, 3.8) is 0 Å². The molecule has 0 radical (unpaired) electrons. The Balaban J connectivity index is 0.000000427. The summed E-state index contributed by atoms with van der Waals surface area (Å²) in [6.45, 7) is 32.6. The summed E-state index contributed by atoms with van der Waals surface area (Å²) in [4.78, 5) is 50.7. The molecule has 0 aliphatic heterocycles. The van der Waals surface area contributed by atoms with Crippen LogP contribution in [0.1, 0.15) is 111 Å². The molecule has 0 saturated carbocycles. The zero-order valence-electron chi connectivity index (χ0n) is 41.6. The summed E-state index contributed by atoms with van der Waals surface area (Å²) in [5, 5.41) is 26.6. The van der Waals surface area contributed by atoms with Gasteiger partial charge in [-0.25, -0.2) is 0 Å². The van der Waals surface area contributed by atoms with Crippen LogP contribution >= 0.6 is 23.5 Å². The summed E-state index contributed by atoms with van der Waals surface area (Å²) < 4.78 is 10.0. The van der Waals surface area contributed by atoms with Gasteiger partial charge in [0.1, 0.15) is 0 Å². The number of hydrogen-bond acceptors (Lipinski definition) is 24. The smallest absolute Gasteiger partial charge is 0.322 e. The van der Waals surface area contributed by atoms with Gasteiger partial charge in [-0.1, -0.05) is 23.5 Å². The second kappa shape index (κ2) is 30.0. The third-order valence-electron chi connectivity index (χ3n) is 6.53. The van der Waals surface area contributed by atoms with Crippen molar-refractivity contribution in [2.45, 2.75) is 169 Å². The molecule has 0 fully saturated rings. The van der Waals surface area contributed by atoms with Crippen molar-refractivity contribution in [3.8, 4) is 12.0 Å². The van der Waals surface area contributed by atoms with Gasteiger partial charge in [0.25, 0.3) is 0 Å². The fraction of sp³-hybridized carbons (Fsp3) is 0.700. The van der Waals surface area contributed by atoms with Gasteiger partial charge < -0.3 is 52.0 Å². The maximum absolute atomic E-state index is 5.02. The van der Waals surface area contributed by atoms with Gasteiger partial charge in [0.15, 0.2) is 10.3 Å². The Labute approximate surface area is 389 Å². The molecule has 0 atom stereocenters. The summed E-state index contributed by atoms with van der Waals surface area (Å²) in [5.74, 6) is 4.56. The van der Waals surface area contributed by atoms with Crippen LogP contribution in [0.5, 0.6) is 12.0 Å². The number of nitrogens with zero attached hydrogens (tertiary/aromatic N) is 12. The average Bonchev–Trinajstić information content (AvgIpc) is 3.16.